The quantitative estimate of drug-likeness (QED) is 0.678. The molecule has 1 aliphatic rings. The van der Waals surface area contributed by atoms with E-state index in [1.807, 2.05) is 20.8 Å². The Kier molecular flexibility index (Phi) is 4.83. The fourth-order valence-corrected chi connectivity index (χ4v) is 2.90. The van der Waals surface area contributed by atoms with Crippen LogP contribution in [0.3, 0.4) is 0 Å². The predicted octanol–water partition coefficient (Wildman–Crippen LogP) is 3.36. The normalized spacial score (nSPS) is 19.1. The van der Waals surface area contributed by atoms with Crippen molar-refractivity contribution in [2.45, 2.75) is 65.0 Å². The van der Waals surface area contributed by atoms with Crippen molar-refractivity contribution in [2.24, 2.45) is 0 Å². The molecule has 1 aromatic rings. The third kappa shape index (κ3) is 3.64. The lowest BCUT2D eigenvalue weighted by Gasteiger charge is -2.36. The van der Waals surface area contributed by atoms with Crippen LogP contribution < -0.4 is 10.2 Å². The Morgan fingerprint density at radius 3 is 2.73 bits per heavy atom. The number of rotatable bonds is 4. The minimum absolute atomic E-state index is 0.0159. The van der Waals surface area contributed by atoms with Crippen molar-refractivity contribution in [1.82, 2.24) is 9.97 Å². The molecular formula is C15H25N5O2. The highest BCUT2D eigenvalue weighted by molar-refractivity contribution is 5.71. The van der Waals surface area contributed by atoms with Gasteiger partial charge in [0.15, 0.2) is 0 Å². The molecule has 1 unspecified atom stereocenters. The number of hydrogen-bond acceptors (Lipinski definition) is 6. The average Bonchev–Trinajstić information content (AvgIpc) is 2.45. The topological polar surface area (TPSA) is 84.2 Å². The maximum absolute atomic E-state index is 11.6. The van der Waals surface area contributed by atoms with E-state index in [1.165, 1.54) is 12.7 Å². The summed E-state index contributed by atoms with van der Waals surface area (Å²) in [6.07, 6.45) is 5.64. The van der Waals surface area contributed by atoms with Gasteiger partial charge in [0, 0.05) is 18.1 Å². The summed E-state index contributed by atoms with van der Waals surface area (Å²) in [5, 5.41) is 14.7. The maximum Gasteiger partial charge on any atom is 0.353 e. The lowest BCUT2D eigenvalue weighted by molar-refractivity contribution is -0.383. The van der Waals surface area contributed by atoms with Gasteiger partial charge < -0.3 is 10.2 Å². The van der Waals surface area contributed by atoms with Crippen LogP contribution in [0.5, 0.6) is 0 Å². The summed E-state index contributed by atoms with van der Waals surface area (Å²) in [5.74, 6) is 0.737. The molecule has 1 aromatic heterocycles. The van der Waals surface area contributed by atoms with Crippen LogP contribution in [0.1, 0.15) is 53.4 Å². The Morgan fingerprint density at radius 1 is 1.41 bits per heavy atom. The monoisotopic (exact) mass is 307 g/mol. The van der Waals surface area contributed by atoms with E-state index in [1.54, 1.807) is 0 Å². The van der Waals surface area contributed by atoms with Gasteiger partial charge in [-0.1, -0.05) is 6.92 Å². The zero-order chi connectivity index (χ0) is 16.3. The first-order valence-electron chi connectivity index (χ1n) is 7.87. The molecule has 0 spiro atoms. The highest BCUT2D eigenvalue weighted by atomic mass is 16.6. The first-order valence-corrected chi connectivity index (χ1v) is 7.87. The molecule has 0 aromatic carbocycles. The van der Waals surface area contributed by atoms with Gasteiger partial charge in [-0.15, -0.1) is 0 Å². The van der Waals surface area contributed by atoms with E-state index < -0.39 is 0 Å². The molecule has 7 heteroatoms. The number of anilines is 2. The number of hydrogen-bond donors (Lipinski definition) is 1. The van der Waals surface area contributed by atoms with Gasteiger partial charge >= 0.3 is 5.69 Å². The third-order valence-corrected chi connectivity index (χ3v) is 3.85. The van der Waals surface area contributed by atoms with Crippen molar-refractivity contribution in [3.63, 3.8) is 0 Å². The molecule has 1 aliphatic heterocycles. The fraction of sp³-hybridized carbons (Fsp3) is 0.733. The van der Waals surface area contributed by atoms with Crippen LogP contribution >= 0.6 is 0 Å². The SMILES string of the molecule is CCC1CCCCN1c1ncnc(NC(C)(C)C)c1[N+](=O)[O-]. The molecule has 0 amide bonds. The summed E-state index contributed by atoms with van der Waals surface area (Å²) in [7, 11) is 0. The van der Waals surface area contributed by atoms with Crippen molar-refractivity contribution in [3.05, 3.63) is 16.4 Å². The Hall–Kier alpha value is -1.92. The molecule has 7 nitrogen and oxygen atoms in total. The number of nitrogens with zero attached hydrogens (tertiary/aromatic N) is 4. The largest absolute Gasteiger partial charge is 0.360 e. The number of nitrogens with one attached hydrogen (secondary N) is 1. The van der Waals surface area contributed by atoms with Crippen molar-refractivity contribution < 1.29 is 4.92 Å². The minimum atomic E-state index is -0.370. The third-order valence-electron chi connectivity index (χ3n) is 3.85. The van der Waals surface area contributed by atoms with Gasteiger partial charge in [0.25, 0.3) is 0 Å². The van der Waals surface area contributed by atoms with E-state index in [0.29, 0.717) is 17.7 Å². The fourth-order valence-electron chi connectivity index (χ4n) is 2.90. The van der Waals surface area contributed by atoms with Gasteiger partial charge in [-0.2, -0.15) is 0 Å². The molecule has 1 N–H and O–H groups in total. The summed E-state index contributed by atoms with van der Waals surface area (Å²) in [6, 6.07) is 0.310. The van der Waals surface area contributed by atoms with E-state index >= 15 is 0 Å². The zero-order valence-corrected chi connectivity index (χ0v) is 13.8. The van der Waals surface area contributed by atoms with Crippen molar-refractivity contribution >= 4 is 17.3 Å². The molecule has 0 aliphatic carbocycles. The average molecular weight is 307 g/mol. The minimum Gasteiger partial charge on any atom is -0.360 e. The summed E-state index contributed by atoms with van der Waals surface area (Å²) in [6.45, 7) is 8.78. The van der Waals surface area contributed by atoms with E-state index in [0.717, 1.165) is 25.8 Å². The van der Waals surface area contributed by atoms with Crippen LogP contribution in [0.15, 0.2) is 6.33 Å². The second kappa shape index (κ2) is 6.46. The highest BCUT2D eigenvalue weighted by Crippen LogP contribution is 2.36. The van der Waals surface area contributed by atoms with E-state index in [9.17, 15) is 10.1 Å². The smallest absolute Gasteiger partial charge is 0.353 e. The maximum atomic E-state index is 11.6. The standard InChI is InChI=1S/C15H25N5O2/c1-5-11-8-6-7-9-19(11)14-12(20(21)22)13(16-10-17-14)18-15(2,3)4/h10-11H,5-9H2,1-4H3,(H,16,17,18). The Bertz CT molecular complexity index is 541. The molecule has 0 saturated carbocycles. The molecule has 0 radical (unpaired) electrons. The van der Waals surface area contributed by atoms with Gasteiger partial charge in [0.1, 0.15) is 6.33 Å². The molecule has 1 atom stereocenters. The summed E-state index contributed by atoms with van der Waals surface area (Å²) in [4.78, 5) is 21.7. The first-order chi connectivity index (χ1) is 10.3. The number of nitro groups is 1. The van der Waals surface area contributed by atoms with E-state index in [-0.39, 0.29) is 16.1 Å². The van der Waals surface area contributed by atoms with Crippen LogP contribution in [-0.4, -0.2) is 33.0 Å². The van der Waals surface area contributed by atoms with Gasteiger partial charge in [0.2, 0.25) is 11.6 Å². The van der Waals surface area contributed by atoms with Crippen LogP contribution in [0.25, 0.3) is 0 Å². The van der Waals surface area contributed by atoms with Crippen LogP contribution in [-0.2, 0) is 0 Å². The summed E-state index contributed by atoms with van der Waals surface area (Å²) in [5.41, 5.74) is -0.319. The predicted molar refractivity (Wildman–Crippen MR) is 87.3 cm³/mol. The molecule has 2 rings (SSSR count). The molecule has 22 heavy (non-hydrogen) atoms. The lowest BCUT2D eigenvalue weighted by Crippen LogP contribution is -2.40. The van der Waals surface area contributed by atoms with Gasteiger partial charge in [-0.3, -0.25) is 10.1 Å². The van der Waals surface area contributed by atoms with Gasteiger partial charge in [0.05, 0.1) is 4.92 Å². The molecule has 122 valence electrons. The molecule has 1 saturated heterocycles. The number of aromatic nitrogens is 2. The highest BCUT2D eigenvalue weighted by Gasteiger charge is 2.32. The van der Waals surface area contributed by atoms with Gasteiger partial charge in [-0.05, 0) is 46.5 Å². The van der Waals surface area contributed by atoms with Crippen molar-refractivity contribution in [1.29, 1.82) is 0 Å². The Labute approximate surface area is 131 Å². The van der Waals surface area contributed by atoms with Crippen LogP contribution in [0.4, 0.5) is 17.3 Å². The van der Waals surface area contributed by atoms with Crippen molar-refractivity contribution in [2.75, 3.05) is 16.8 Å². The van der Waals surface area contributed by atoms with Crippen LogP contribution in [0, 0.1) is 10.1 Å². The number of piperidine rings is 1. The van der Waals surface area contributed by atoms with Crippen LogP contribution in [0.2, 0.25) is 0 Å². The second-order valence-electron chi connectivity index (χ2n) is 6.78. The molecule has 1 fully saturated rings. The van der Waals surface area contributed by atoms with Crippen molar-refractivity contribution in [3.8, 4) is 0 Å². The first kappa shape index (κ1) is 16.5. The summed E-state index contributed by atoms with van der Waals surface area (Å²) >= 11 is 0. The Balaban J connectivity index is 2.46. The van der Waals surface area contributed by atoms with Gasteiger partial charge in [-0.25, -0.2) is 9.97 Å². The molecular weight excluding hydrogens is 282 g/mol. The Morgan fingerprint density at radius 2 is 2.14 bits per heavy atom. The zero-order valence-electron chi connectivity index (χ0n) is 13.8. The molecule has 0 bridgehead atoms. The lowest BCUT2D eigenvalue weighted by atomic mass is 10.00. The van der Waals surface area contributed by atoms with E-state index in [2.05, 4.69) is 27.1 Å². The second-order valence-corrected chi connectivity index (χ2v) is 6.78. The molecule has 2 heterocycles. The summed E-state index contributed by atoms with van der Waals surface area (Å²) < 4.78 is 0. The van der Waals surface area contributed by atoms with E-state index in [4.69, 9.17) is 0 Å².